The van der Waals surface area contributed by atoms with Crippen LogP contribution in [0.3, 0.4) is 0 Å². The fourth-order valence-corrected chi connectivity index (χ4v) is 2.57. The summed E-state index contributed by atoms with van der Waals surface area (Å²) in [6, 6.07) is 8.82. The topological polar surface area (TPSA) is 86.5 Å². The van der Waals surface area contributed by atoms with Crippen LogP contribution in [0.5, 0.6) is 11.5 Å². The second-order valence-corrected chi connectivity index (χ2v) is 5.64. The lowest BCUT2D eigenvalue weighted by Gasteiger charge is -2.19. The first-order valence-corrected chi connectivity index (χ1v) is 8.34. The first-order valence-electron chi connectivity index (χ1n) is 8.34. The molecule has 6 heteroatoms. The van der Waals surface area contributed by atoms with Crippen LogP contribution in [0.15, 0.2) is 36.5 Å². The Morgan fingerprint density at radius 1 is 1.36 bits per heavy atom. The standard InChI is InChI=1S/C19H25N3O3/c1-4-16(18-13(2)6-5-10-21-18)22-19(23)15-8-7-14(24-3)12-17(15)25-11-9-20/h5-8,10,12,16H,4,9,11,20H2,1-3H3,(H,22,23). The van der Waals surface area contributed by atoms with Crippen LogP contribution < -0.4 is 20.5 Å². The zero-order chi connectivity index (χ0) is 18.2. The Bertz CT molecular complexity index is 719. The van der Waals surface area contributed by atoms with Gasteiger partial charge in [-0.1, -0.05) is 13.0 Å². The third-order valence-electron chi connectivity index (χ3n) is 3.90. The minimum absolute atomic E-state index is 0.168. The summed E-state index contributed by atoms with van der Waals surface area (Å²) in [4.78, 5) is 17.2. The number of nitrogens with one attached hydrogen (secondary N) is 1. The number of rotatable bonds is 8. The van der Waals surface area contributed by atoms with Crippen molar-refractivity contribution in [2.45, 2.75) is 26.3 Å². The van der Waals surface area contributed by atoms with Crippen molar-refractivity contribution in [2.75, 3.05) is 20.3 Å². The molecule has 0 fully saturated rings. The molecule has 2 rings (SSSR count). The summed E-state index contributed by atoms with van der Waals surface area (Å²) < 4.78 is 10.8. The van der Waals surface area contributed by atoms with Gasteiger partial charge in [-0.25, -0.2) is 0 Å². The van der Waals surface area contributed by atoms with Crippen LogP contribution >= 0.6 is 0 Å². The summed E-state index contributed by atoms with van der Waals surface area (Å²) in [6.07, 6.45) is 2.47. The highest BCUT2D eigenvalue weighted by Gasteiger charge is 2.20. The van der Waals surface area contributed by atoms with Crippen LogP contribution in [0.1, 0.15) is 41.0 Å². The third kappa shape index (κ3) is 4.70. The number of carbonyl (C=O) groups is 1. The third-order valence-corrected chi connectivity index (χ3v) is 3.90. The van der Waals surface area contributed by atoms with Gasteiger partial charge in [0.05, 0.1) is 24.4 Å². The number of amides is 1. The molecule has 1 amide bonds. The number of aromatic nitrogens is 1. The van der Waals surface area contributed by atoms with E-state index in [0.29, 0.717) is 30.2 Å². The Labute approximate surface area is 148 Å². The highest BCUT2D eigenvalue weighted by atomic mass is 16.5. The molecule has 0 saturated carbocycles. The highest BCUT2D eigenvalue weighted by Crippen LogP contribution is 2.26. The van der Waals surface area contributed by atoms with Gasteiger partial charge in [0.1, 0.15) is 18.1 Å². The quantitative estimate of drug-likeness (QED) is 0.769. The Kier molecular flexibility index (Phi) is 6.77. The zero-order valence-corrected chi connectivity index (χ0v) is 14.9. The van der Waals surface area contributed by atoms with E-state index in [1.54, 1.807) is 31.5 Å². The van der Waals surface area contributed by atoms with Crippen LogP contribution in [0.2, 0.25) is 0 Å². The summed E-state index contributed by atoms with van der Waals surface area (Å²) in [7, 11) is 1.57. The van der Waals surface area contributed by atoms with Gasteiger partial charge in [-0.05, 0) is 37.1 Å². The van der Waals surface area contributed by atoms with Crippen molar-refractivity contribution in [1.82, 2.24) is 10.3 Å². The lowest BCUT2D eigenvalue weighted by atomic mass is 10.0. The Morgan fingerprint density at radius 3 is 2.80 bits per heavy atom. The first-order chi connectivity index (χ1) is 12.1. The lowest BCUT2D eigenvalue weighted by molar-refractivity contribution is 0.0930. The maximum atomic E-state index is 12.8. The van der Waals surface area contributed by atoms with Crippen molar-refractivity contribution >= 4 is 5.91 Å². The average molecular weight is 343 g/mol. The van der Waals surface area contributed by atoms with E-state index in [1.165, 1.54) is 0 Å². The van der Waals surface area contributed by atoms with Gasteiger partial charge in [0.25, 0.3) is 5.91 Å². The van der Waals surface area contributed by atoms with Crippen molar-refractivity contribution in [3.63, 3.8) is 0 Å². The van der Waals surface area contributed by atoms with Crippen molar-refractivity contribution in [2.24, 2.45) is 5.73 Å². The first kappa shape index (κ1) is 18.7. The fourth-order valence-electron chi connectivity index (χ4n) is 2.57. The van der Waals surface area contributed by atoms with Gasteiger partial charge in [-0.2, -0.15) is 0 Å². The van der Waals surface area contributed by atoms with E-state index in [2.05, 4.69) is 10.3 Å². The van der Waals surface area contributed by atoms with Crippen molar-refractivity contribution in [1.29, 1.82) is 0 Å². The molecule has 134 valence electrons. The number of nitrogens with two attached hydrogens (primary N) is 1. The monoisotopic (exact) mass is 343 g/mol. The number of hydrogen-bond acceptors (Lipinski definition) is 5. The molecule has 0 aliphatic heterocycles. The Morgan fingerprint density at radius 2 is 2.16 bits per heavy atom. The molecular formula is C19H25N3O3. The normalized spacial score (nSPS) is 11.7. The maximum absolute atomic E-state index is 12.8. The minimum atomic E-state index is -0.216. The number of carbonyl (C=O) groups excluding carboxylic acids is 1. The molecule has 0 saturated heterocycles. The van der Waals surface area contributed by atoms with Gasteiger partial charge >= 0.3 is 0 Å². The van der Waals surface area contributed by atoms with Crippen molar-refractivity contribution < 1.29 is 14.3 Å². The summed E-state index contributed by atoms with van der Waals surface area (Å²) in [5.41, 5.74) is 7.87. The summed E-state index contributed by atoms with van der Waals surface area (Å²) in [5.74, 6) is 0.859. The molecule has 0 radical (unpaired) electrons. The molecule has 0 bridgehead atoms. The van der Waals surface area contributed by atoms with Gasteiger partial charge in [0.15, 0.2) is 0 Å². The van der Waals surface area contributed by atoms with E-state index in [4.69, 9.17) is 15.2 Å². The van der Waals surface area contributed by atoms with Gasteiger partial charge in [-0.15, -0.1) is 0 Å². The van der Waals surface area contributed by atoms with E-state index in [-0.39, 0.29) is 11.9 Å². The van der Waals surface area contributed by atoms with Crippen molar-refractivity contribution in [3.8, 4) is 11.5 Å². The summed E-state index contributed by atoms with van der Waals surface area (Å²) in [6.45, 7) is 4.69. The number of pyridine rings is 1. The molecule has 0 aliphatic carbocycles. The number of hydrogen-bond donors (Lipinski definition) is 2. The minimum Gasteiger partial charge on any atom is -0.497 e. The second kappa shape index (κ2) is 9.03. The fraction of sp³-hybridized carbons (Fsp3) is 0.368. The Balaban J connectivity index is 2.25. The van der Waals surface area contributed by atoms with Gasteiger partial charge in [0, 0.05) is 18.8 Å². The molecule has 0 aliphatic rings. The average Bonchev–Trinajstić information content (AvgIpc) is 2.64. The largest absolute Gasteiger partial charge is 0.497 e. The molecule has 25 heavy (non-hydrogen) atoms. The zero-order valence-electron chi connectivity index (χ0n) is 14.9. The SMILES string of the molecule is CCC(NC(=O)c1ccc(OC)cc1OCCN)c1ncccc1C. The number of benzene rings is 1. The molecule has 0 spiro atoms. The molecular weight excluding hydrogens is 318 g/mol. The number of nitrogens with zero attached hydrogens (tertiary/aromatic N) is 1. The molecule has 1 aromatic carbocycles. The van der Waals surface area contributed by atoms with Gasteiger partial charge < -0.3 is 20.5 Å². The number of ether oxygens (including phenoxy) is 2. The molecule has 1 aromatic heterocycles. The van der Waals surface area contributed by atoms with Gasteiger partial charge in [-0.3, -0.25) is 9.78 Å². The Hall–Kier alpha value is -2.60. The molecule has 1 atom stereocenters. The van der Waals surface area contributed by atoms with Crippen LogP contribution in [0.4, 0.5) is 0 Å². The van der Waals surface area contributed by atoms with Gasteiger partial charge in [0.2, 0.25) is 0 Å². The molecule has 3 N–H and O–H groups in total. The lowest BCUT2D eigenvalue weighted by Crippen LogP contribution is -2.29. The number of methoxy groups -OCH3 is 1. The van der Waals surface area contributed by atoms with Crippen LogP contribution in [-0.4, -0.2) is 31.2 Å². The smallest absolute Gasteiger partial charge is 0.255 e. The van der Waals surface area contributed by atoms with E-state index >= 15 is 0 Å². The van der Waals surface area contributed by atoms with Crippen molar-refractivity contribution in [3.05, 3.63) is 53.3 Å². The van der Waals surface area contributed by atoms with E-state index < -0.39 is 0 Å². The summed E-state index contributed by atoms with van der Waals surface area (Å²) >= 11 is 0. The predicted octanol–water partition coefficient (Wildman–Crippen LogP) is 2.62. The van der Waals surface area contributed by atoms with E-state index in [0.717, 1.165) is 17.7 Å². The highest BCUT2D eigenvalue weighted by molar-refractivity contribution is 5.97. The molecule has 1 heterocycles. The number of aryl methyl sites for hydroxylation is 1. The van der Waals surface area contributed by atoms with Crippen LogP contribution in [0, 0.1) is 6.92 Å². The second-order valence-electron chi connectivity index (χ2n) is 5.64. The van der Waals surface area contributed by atoms with Crippen LogP contribution in [-0.2, 0) is 0 Å². The van der Waals surface area contributed by atoms with E-state index in [1.807, 2.05) is 26.0 Å². The molecule has 6 nitrogen and oxygen atoms in total. The van der Waals surface area contributed by atoms with Crippen LogP contribution in [0.25, 0.3) is 0 Å². The predicted molar refractivity (Wildman–Crippen MR) is 97.0 cm³/mol. The summed E-state index contributed by atoms with van der Waals surface area (Å²) in [5, 5.41) is 3.04. The maximum Gasteiger partial charge on any atom is 0.255 e. The molecule has 1 unspecified atom stereocenters. The van der Waals surface area contributed by atoms with E-state index in [9.17, 15) is 4.79 Å². The molecule has 2 aromatic rings.